The quantitative estimate of drug-likeness (QED) is 0.599. The van der Waals surface area contributed by atoms with Crippen LogP contribution >= 0.6 is 0 Å². The lowest BCUT2D eigenvalue weighted by molar-refractivity contribution is -0.274. The fourth-order valence-corrected chi connectivity index (χ4v) is 3.62. The van der Waals surface area contributed by atoms with Crippen LogP contribution in [0.4, 0.5) is 33.6 Å². The number of carbonyl (C=O) groups is 2. The largest absolute Gasteiger partial charge is 0.573 e. The third-order valence-electron chi connectivity index (χ3n) is 5.49. The summed E-state index contributed by atoms with van der Waals surface area (Å²) < 4.78 is 69.7. The maximum Gasteiger partial charge on any atom is 0.573 e. The second-order valence-electron chi connectivity index (χ2n) is 8.29. The summed E-state index contributed by atoms with van der Waals surface area (Å²) in [5, 5.41) is 2.69. The molecule has 8 nitrogen and oxygen atoms in total. The molecule has 1 atom stereocenters. The Bertz CT molecular complexity index is 1100. The van der Waals surface area contributed by atoms with Gasteiger partial charge in [0.05, 0.1) is 12.6 Å². The van der Waals surface area contributed by atoms with E-state index in [4.69, 9.17) is 0 Å². The van der Waals surface area contributed by atoms with Crippen molar-refractivity contribution in [1.29, 1.82) is 0 Å². The zero-order valence-corrected chi connectivity index (χ0v) is 19.2. The number of amides is 2. The molecule has 3 heterocycles. The van der Waals surface area contributed by atoms with Crippen LogP contribution in [0.5, 0.6) is 5.75 Å². The number of halogens is 5. The van der Waals surface area contributed by atoms with Gasteiger partial charge in [0.1, 0.15) is 23.1 Å². The van der Waals surface area contributed by atoms with E-state index in [0.717, 1.165) is 23.2 Å². The Morgan fingerprint density at radius 3 is 2.63 bits per heavy atom. The third-order valence-corrected chi connectivity index (χ3v) is 5.49. The first-order valence-corrected chi connectivity index (χ1v) is 10.6. The highest BCUT2D eigenvalue weighted by atomic mass is 19.4. The van der Waals surface area contributed by atoms with Crippen LogP contribution in [0.2, 0.25) is 0 Å². The lowest BCUT2D eigenvalue weighted by Gasteiger charge is -2.40. The molecule has 1 aliphatic rings. The van der Waals surface area contributed by atoms with Gasteiger partial charge in [0.15, 0.2) is 0 Å². The van der Waals surface area contributed by atoms with Crippen molar-refractivity contribution in [2.24, 2.45) is 0 Å². The molecule has 1 N–H and O–H groups in total. The predicted molar refractivity (Wildman–Crippen MR) is 115 cm³/mol. The zero-order chi connectivity index (χ0) is 26.0. The first-order chi connectivity index (χ1) is 16.2. The van der Waals surface area contributed by atoms with E-state index in [0.29, 0.717) is 5.56 Å². The number of ether oxygens (including phenoxy) is 1. The summed E-state index contributed by atoms with van der Waals surface area (Å²) in [6, 6.07) is 4.38. The summed E-state index contributed by atoms with van der Waals surface area (Å²) in [4.78, 5) is 35.5. The Morgan fingerprint density at radius 2 is 1.97 bits per heavy atom. The van der Waals surface area contributed by atoms with Crippen molar-refractivity contribution in [3.63, 3.8) is 0 Å². The molecule has 1 unspecified atom stereocenters. The number of aromatic nitrogens is 2. The molecule has 0 aliphatic carbocycles. The highest BCUT2D eigenvalue weighted by molar-refractivity contribution is 5.94. The van der Waals surface area contributed by atoms with E-state index in [2.05, 4.69) is 20.0 Å². The van der Waals surface area contributed by atoms with Gasteiger partial charge in [-0.25, -0.2) is 18.7 Å². The van der Waals surface area contributed by atoms with E-state index in [1.54, 1.807) is 6.92 Å². The minimum Gasteiger partial charge on any atom is -0.406 e. The summed E-state index contributed by atoms with van der Waals surface area (Å²) in [6.45, 7) is 2.19. The third kappa shape index (κ3) is 6.99. The van der Waals surface area contributed by atoms with Gasteiger partial charge in [-0.2, -0.15) is 0 Å². The van der Waals surface area contributed by atoms with Gasteiger partial charge in [0.2, 0.25) is 5.91 Å². The van der Waals surface area contributed by atoms with Gasteiger partial charge in [-0.05, 0) is 31.0 Å². The molecular weight excluding hydrogens is 477 g/mol. The fourth-order valence-electron chi connectivity index (χ4n) is 3.62. The van der Waals surface area contributed by atoms with Crippen LogP contribution in [0.3, 0.4) is 0 Å². The molecule has 1 fully saturated rings. The SMILES string of the molecule is CC(=O)N(C)CC1CCC(F)(F)CN1C(=O)c1nc(Nc2cc(OC(F)(F)F)ccn2)ccc1C. The normalized spacial score (nSPS) is 17.6. The van der Waals surface area contributed by atoms with E-state index in [1.165, 1.54) is 31.0 Å². The number of hydrogen-bond donors (Lipinski definition) is 1. The maximum absolute atomic E-state index is 14.2. The standard InChI is InChI=1S/C22H24F5N5O3/c1-13-4-5-17(29-18-10-16(7-9-28-18)35-22(25,26)27)30-19(13)20(34)32-12-21(23,24)8-6-15(32)11-31(3)14(2)33/h4-5,7,9-10,15H,6,8,11-12H2,1-3H3,(H,28,29,30). The number of likely N-dealkylation sites (tertiary alicyclic amines) is 1. The Balaban J connectivity index is 1.85. The van der Waals surface area contributed by atoms with Crippen LogP contribution in [0.15, 0.2) is 30.5 Å². The number of nitrogens with zero attached hydrogens (tertiary/aromatic N) is 4. The number of nitrogens with one attached hydrogen (secondary N) is 1. The molecule has 1 aliphatic heterocycles. The molecule has 0 spiro atoms. The number of anilines is 2. The van der Waals surface area contributed by atoms with Crippen molar-refractivity contribution in [2.75, 3.05) is 25.5 Å². The second-order valence-corrected chi connectivity index (χ2v) is 8.29. The number of alkyl halides is 5. The Labute approximate surface area is 198 Å². The molecule has 0 aromatic carbocycles. The van der Waals surface area contributed by atoms with Gasteiger partial charge in [-0.1, -0.05) is 6.07 Å². The Morgan fingerprint density at radius 1 is 1.26 bits per heavy atom. The highest BCUT2D eigenvalue weighted by Gasteiger charge is 2.43. The van der Waals surface area contributed by atoms with Gasteiger partial charge in [0.25, 0.3) is 11.8 Å². The molecule has 2 aromatic heterocycles. The van der Waals surface area contributed by atoms with Crippen molar-refractivity contribution in [3.05, 3.63) is 41.7 Å². The molecule has 0 bridgehead atoms. The lowest BCUT2D eigenvalue weighted by atomic mass is 9.97. The van der Waals surface area contributed by atoms with E-state index < -0.39 is 42.9 Å². The van der Waals surface area contributed by atoms with Crippen LogP contribution in [-0.2, 0) is 4.79 Å². The molecule has 0 saturated carbocycles. The number of aryl methyl sites for hydroxylation is 1. The smallest absolute Gasteiger partial charge is 0.406 e. The lowest BCUT2D eigenvalue weighted by Crippen LogP contribution is -2.55. The number of hydrogen-bond acceptors (Lipinski definition) is 6. The predicted octanol–water partition coefficient (Wildman–Crippen LogP) is 4.15. The van der Waals surface area contributed by atoms with E-state index in [-0.39, 0.29) is 36.2 Å². The molecule has 2 aromatic rings. The summed E-state index contributed by atoms with van der Waals surface area (Å²) >= 11 is 0. The average molecular weight is 501 g/mol. The molecule has 2 amide bonds. The topological polar surface area (TPSA) is 87.7 Å². The molecule has 35 heavy (non-hydrogen) atoms. The number of rotatable bonds is 6. The van der Waals surface area contributed by atoms with Gasteiger partial charge < -0.3 is 19.9 Å². The van der Waals surface area contributed by atoms with Crippen LogP contribution in [-0.4, -0.2) is 70.0 Å². The monoisotopic (exact) mass is 501 g/mol. The first-order valence-electron chi connectivity index (χ1n) is 10.6. The number of likely N-dealkylation sites (N-methyl/N-ethyl adjacent to an activating group) is 1. The summed E-state index contributed by atoms with van der Waals surface area (Å²) in [6.07, 6.45) is -4.20. The van der Waals surface area contributed by atoms with Gasteiger partial charge >= 0.3 is 6.36 Å². The number of pyridine rings is 2. The molecule has 13 heteroatoms. The van der Waals surface area contributed by atoms with Crippen molar-refractivity contribution in [2.45, 2.75) is 45.0 Å². The molecule has 3 rings (SSSR count). The van der Waals surface area contributed by atoms with Gasteiger partial charge in [-0.15, -0.1) is 13.2 Å². The maximum atomic E-state index is 14.2. The van der Waals surface area contributed by atoms with Crippen molar-refractivity contribution in [3.8, 4) is 5.75 Å². The van der Waals surface area contributed by atoms with Crippen LogP contribution in [0.25, 0.3) is 0 Å². The molecular formula is C22H24F5N5O3. The van der Waals surface area contributed by atoms with Crippen LogP contribution in [0, 0.1) is 6.92 Å². The summed E-state index contributed by atoms with van der Waals surface area (Å²) in [7, 11) is 1.52. The van der Waals surface area contributed by atoms with Crippen molar-refractivity contribution in [1.82, 2.24) is 19.8 Å². The zero-order valence-electron chi connectivity index (χ0n) is 19.2. The average Bonchev–Trinajstić information content (AvgIpc) is 2.74. The highest BCUT2D eigenvalue weighted by Crippen LogP contribution is 2.32. The van der Waals surface area contributed by atoms with E-state index in [1.807, 2.05) is 0 Å². The van der Waals surface area contributed by atoms with Gasteiger partial charge in [-0.3, -0.25) is 9.59 Å². The summed E-state index contributed by atoms with van der Waals surface area (Å²) in [5.74, 6) is -4.57. The molecule has 1 saturated heterocycles. The minimum absolute atomic E-state index is 0.00324. The minimum atomic E-state index is -4.89. The van der Waals surface area contributed by atoms with Crippen molar-refractivity contribution >= 4 is 23.5 Å². The fraction of sp³-hybridized carbons (Fsp3) is 0.455. The molecule has 190 valence electrons. The van der Waals surface area contributed by atoms with E-state index in [9.17, 15) is 31.5 Å². The van der Waals surface area contributed by atoms with Crippen molar-refractivity contribution < 1.29 is 36.3 Å². The van der Waals surface area contributed by atoms with Crippen LogP contribution < -0.4 is 10.1 Å². The Kier molecular flexibility index (Phi) is 7.46. The molecule has 0 radical (unpaired) electrons. The van der Waals surface area contributed by atoms with Gasteiger partial charge in [0, 0.05) is 39.2 Å². The Hall–Kier alpha value is -3.51. The van der Waals surface area contributed by atoms with Crippen LogP contribution in [0.1, 0.15) is 35.8 Å². The number of carbonyl (C=O) groups excluding carboxylic acids is 2. The van der Waals surface area contributed by atoms with E-state index >= 15 is 0 Å². The number of piperidine rings is 1. The second kappa shape index (κ2) is 10.0. The summed E-state index contributed by atoms with van der Waals surface area (Å²) in [5.41, 5.74) is 0.307. The first kappa shape index (κ1) is 26.1.